The summed E-state index contributed by atoms with van der Waals surface area (Å²) >= 11 is 0. The van der Waals surface area contributed by atoms with Gasteiger partial charge in [0.1, 0.15) is 0 Å². The number of hydrogen-bond donors (Lipinski definition) is 0. The van der Waals surface area contributed by atoms with Gasteiger partial charge in [0.15, 0.2) is 0 Å². The molecule has 0 aromatic heterocycles. The van der Waals surface area contributed by atoms with Crippen molar-refractivity contribution in [1.82, 2.24) is 0 Å². The Morgan fingerprint density at radius 2 is 0.793 bits per heavy atom. The van der Waals surface area contributed by atoms with Gasteiger partial charge in [-0.25, -0.2) is 0 Å². The van der Waals surface area contributed by atoms with E-state index in [1.165, 1.54) is 122 Å². The van der Waals surface area contributed by atoms with Crippen LogP contribution in [0.3, 0.4) is 0 Å². The lowest BCUT2D eigenvalue weighted by atomic mass is 9.61. The highest BCUT2D eigenvalue weighted by Crippen LogP contribution is 2.59. The molecule has 302 valence electrons. The summed E-state index contributed by atoms with van der Waals surface area (Å²) in [6.45, 7) is 34.7. The lowest BCUT2D eigenvalue weighted by Gasteiger charge is -2.47. The van der Waals surface area contributed by atoms with Crippen molar-refractivity contribution in [3.63, 3.8) is 0 Å². The minimum Gasteiger partial charge on any atom is -0.309 e. The van der Waals surface area contributed by atoms with Crippen molar-refractivity contribution in [3.8, 4) is 22.3 Å². The minimum atomic E-state index is -0.137. The van der Waals surface area contributed by atoms with Crippen molar-refractivity contribution in [2.75, 3.05) is 4.90 Å². The highest BCUT2D eigenvalue weighted by Gasteiger charge is 2.45. The molecule has 0 heterocycles. The number of fused-ring (bicyclic) bond motifs is 6. The van der Waals surface area contributed by atoms with Crippen LogP contribution in [0.4, 0.5) is 17.1 Å². The fourth-order valence-electron chi connectivity index (χ4n) is 12.1. The Bertz CT molecular complexity index is 2410. The van der Waals surface area contributed by atoms with Gasteiger partial charge in [-0.05, 0) is 156 Å². The summed E-state index contributed by atoms with van der Waals surface area (Å²) in [7, 11) is 0. The fraction of sp³-hybridized carbons (Fsp3) is 0.474. The molecular formula is C57H69N. The molecule has 4 aliphatic rings. The van der Waals surface area contributed by atoms with Gasteiger partial charge in [0.05, 0.1) is 17.1 Å². The van der Waals surface area contributed by atoms with Crippen LogP contribution >= 0.6 is 0 Å². The van der Waals surface area contributed by atoms with E-state index in [1.807, 2.05) is 0 Å². The molecule has 0 N–H and O–H groups in total. The van der Waals surface area contributed by atoms with Crippen LogP contribution in [0.15, 0.2) is 91.0 Å². The zero-order chi connectivity index (χ0) is 41.6. The molecule has 5 aromatic rings. The van der Waals surface area contributed by atoms with Crippen LogP contribution in [0.2, 0.25) is 0 Å². The molecule has 0 saturated carbocycles. The van der Waals surface area contributed by atoms with E-state index >= 15 is 0 Å². The highest BCUT2D eigenvalue weighted by atomic mass is 15.2. The monoisotopic (exact) mass is 768 g/mol. The van der Waals surface area contributed by atoms with Crippen molar-refractivity contribution in [2.24, 2.45) is 0 Å². The second-order valence-electron chi connectivity index (χ2n) is 23.4. The number of rotatable bonds is 4. The van der Waals surface area contributed by atoms with E-state index < -0.39 is 0 Å². The van der Waals surface area contributed by atoms with Gasteiger partial charge >= 0.3 is 0 Å². The summed E-state index contributed by atoms with van der Waals surface area (Å²) in [6, 6.07) is 36.6. The van der Waals surface area contributed by atoms with Gasteiger partial charge in [0.2, 0.25) is 0 Å². The number of nitrogens with zero attached hydrogens (tertiary/aromatic N) is 1. The topological polar surface area (TPSA) is 3.24 Å². The van der Waals surface area contributed by atoms with Gasteiger partial charge in [0.25, 0.3) is 0 Å². The van der Waals surface area contributed by atoms with E-state index in [9.17, 15) is 0 Å². The van der Waals surface area contributed by atoms with E-state index in [2.05, 4.69) is 193 Å². The molecule has 0 amide bonds. The SMILES string of the molecule is CC1(C)CCC(C)(C)c2cc(-c3cc4c(cc3N(c3cccc5c3C(C)(C)CCC5(C)C)c3cccc5c3C(C)(C)CCC5(C)C)C(C)(C)c3ccccc3-4)ccc21. The molecule has 5 aromatic carbocycles. The summed E-state index contributed by atoms with van der Waals surface area (Å²) < 4.78 is 0. The zero-order valence-corrected chi connectivity index (χ0v) is 38.4. The van der Waals surface area contributed by atoms with E-state index in [0.29, 0.717) is 0 Å². The highest BCUT2D eigenvalue weighted by molar-refractivity contribution is 5.96. The Morgan fingerprint density at radius 1 is 0.328 bits per heavy atom. The average molecular weight is 768 g/mol. The zero-order valence-electron chi connectivity index (χ0n) is 38.4. The predicted octanol–water partition coefficient (Wildman–Crippen LogP) is 16.2. The van der Waals surface area contributed by atoms with E-state index in [1.54, 1.807) is 0 Å². The Labute approximate surface area is 351 Å². The van der Waals surface area contributed by atoms with E-state index in [-0.39, 0.29) is 37.9 Å². The predicted molar refractivity (Wildman–Crippen MR) is 250 cm³/mol. The second kappa shape index (κ2) is 12.5. The number of hydrogen-bond acceptors (Lipinski definition) is 1. The van der Waals surface area contributed by atoms with Gasteiger partial charge in [-0.3, -0.25) is 0 Å². The third-order valence-electron chi connectivity index (χ3n) is 16.2. The van der Waals surface area contributed by atoms with Crippen molar-refractivity contribution < 1.29 is 0 Å². The third-order valence-corrected chi connectivity index (χ3v) is 16.2. The summed E-state index contributed by atoms with van der Waals surface area (Å²) in [5, 5.41) is 0. The molecule has 0 atom stereocenters. The summed E-state index contributed by atoms with van der Waals surface area (Å²) in [5.41, 5.74) is 21.6. The van der Waals surface area contributed by atoms with Gasteiger partial charge in [-0.15, -0.1) is 0 Å². The van der Waals surface area contributed by atoms with E-state index in [4.69, 9.17) is 0 Å². The fourth-order valence-corrected chi connectivity index (χ4v) is 12.1. The van der Waals surface area contributed by atoms with Crippen molar-refractivity contribution in [2.45, 2.75) is 173 Å². The molecular weight excluding hydrogens is 699 g/mol. The van der Waals surface area contributed by atoms with Crippen LogP contribution in [-0.2, 0) is 37.9 Å². The van der Waals surface area contributed by atoms with Gasteiger partial charge in [-0.2, -0.15) is 0 Å². The molecule has 0 unspecified atom stereocenters. The maximum Gasteiger partial charge on any atom is 0.0543 e. The number of benzene rings is 5. The van der Waals surface area contributed by atoms with E-state index in [0.717, 1.165) is 0 Å². The Kier molecular flexibility index (Phi) is 8.46. The molecule has 1 nitrogen and oxygen atoms in total. The summed E-state index contributed by atoms with van der Waals surface area (Å²) in [6.07, 6.45) is 7.12. The number of anilines is 3. The van der Waals surface area contributed by atoms with Crippen molar-refractivity contribution in [1.29, 1.82) is 0 Å². The molecule has 58 heavy (non-hydrogen) atoms. The van der Waals surface area contributed by atoms with Gasteiger partial charge in [-0.1, -0.05) is 164 Å². The molecule has 0 saturated heterocycles. The maximum absolute atomic E-state index is 2.78. The first kappa shape index (κ1) is 39.4. The molecule has 0 aliphatic heterocycles. The average Bonchev–Trinajstić information content (AvgIpc) is 3.39. The first-order valence-electron chi connectivity index (χ1n) is 22.5. The molecule has 0 spiro atoms. The Hall–Kier alpha value is -4.10. The van der Waals surface area contributed by atoms with Gasteiger partial charge in [0, 0.05) is 11.0 Å². The van der Waals surface area contributed by atoms with Crippen molar-refractivity contribution >= 4 is 17.1 Å². The summed E-state index contributed by atoms with van der Waals surface area (Å²) in [5.74, 6) is 0. The van der Waals surface area contributed by atoms with Crippen LogP contribution in [0.1, 0.15) is 180 Å². The van der Waals surface area contributed by atoms with Crippen molar-refractivity contribution in [3.05, 3.63) is 136 Å². The van der Waals surface area contributed by atoms with Crippen LogP contribution in [0.25, 0.3) is 22.3 Å². The molecule has 9 rings (SSSR count). The van der Waals surface area contributed by atoms with Crippen LogP contribution < -0.4 is 4.90 Å². The maximum atomic E-state index is 2.78. The van der Waals surface area contributed by atoms with Crippen LogP contribution in [0, 0.1) is 0 Å². The Balaban J connectivity index is 1.45. The first-order valence-corrected chi connectivity index (χ1v) is 22.5. The van der Waals surface area contributed by atoms with Crippen LogP contribution in [-0.4, -0.2) is 0 Å². The second-order valence-corrected chi connectivity index (χ2v) is 23.4. The normalized spacial score (nSPS) is 21.8. The quantitative estimate of drug-likeness (QED) is 0.176. The standard InChI is InChI=1S/C57H69N/c1-51(2)27-28-54(7,8)45-33-36(25-26-41(45)51)38-34-39-37-19-15-16-20-40(37)57(13,14)44(39)35-48(38)58(46-23-17-21-42-49(46)55(9,10)31-29-52(42,3)4)47-24-18-22-43-50(47)56(11,12)32-30-53(43,5)6/h15-26,33-35H,27-32H2,1-14H3. The van der Waals surface area contributed by atoms with Crippen LogP contribution in [0.5, 0.6) is 0 Å². The first-order chi connectivity index (χ1) is 27.0. The smallest absolute Gasteiger partial charge is 0.0543 e. The molecule has 0 fully saturated rings. The molecule has 0 radical (unpaired) electrons. The molecule has 1 heteroatoms. The summed E-state index contributed by atoms with van der Waals surface area (Å²) in [4.78, 5) is 2.78. The lowest BCUT2D eigenvalue weighted by Crippen LogP contribution is -2.37. The molecule has 0 bridgehead atoms. The minimum absolute atomic E-state index is 0.0111. The largest absolute Gasteiger partial charge is 0.309 e. The lowest BCUT2D eigenvalue weighted by molar-refractivity contribution is 0.331. The molecule has 4 aliphatic carbocycles. The Morgan fingerprint density at radius 3 is 1.34 bits per heavy atom. The third kappa shape index (κ3) is 5.75. The van der Waals surface area contributed by atoms with Gasteiger partial charge < -0.3 is 4.90 Å².